The summed E-state index contributed by atoms with van der Waals surface area (Å²) in [7, 11) is -3.67. The van der Waals surface area contributed by atoms with Gasteiger partial charge in [0.2, 0.25) is 10.0 Å². The van der Waals surface area contributed by atoms with Crippen LogP contribution in [0.15, 0.2) is 47.4 Å². The quantitative estimate of drug-likeness (QED) is 0.875. The molecule has 0 bridgehead atoms. The van der Waals surface area contributed by atoms with Gasteiger partial charge in [0.15, 0.2) is 11.6 Å². The molecule has 2 aromatic rings. The summed E-state index contributed by atoms with van der Waals surface area (Å²) in [5.41, 5.74) is 0.499. The zero-order chi connectivity index (χ0) is 16.2. The number of benzene rings is 2. The topological polar surface area (TPSA) is 55.4 Å². The van der Waals surface area contributed by atoms with Gasteiger partial charge in [0.05, 0.1) is 11.5 Å². The van der Waals surface area contributed by atoms with E-state index >= 15 is 0 Å². The van der Waals surface area contributed by atoms with E-state index in [0.717, 1.165) is 0 Å². The Kier molecular flexibility index (Phi) is 5.39. The van der Waals surface area contributed by atoms with Crippen molar-refractivity contribution in [2.24, 2.45) is 0 Å². The molecule has 0 aliphatic heterocycles. The molecule has 0 saturated heterocycles. The van der Waals surface area contributed by atoms with Crippen molar-refractivity contribution in [1.29, 1.82) is 0 Å². The van der Waals surface area contributed by atoms with E-state index in [-0.39, 0.29) is 17.2 Å². The van der Waals surface area contributed by atoms with Crippen LogP contribution < -0.4 is 9.46 Å². The van der Waals surface area contributed by atoms with E-state index in [0.29, 0.717) is 17.2 Å². The fraction of sp³-hybridized carbons (Fsp3) is 0.200. The van der Waals surface area contributed by atoms with E-state index < -0.39 is 15.8 Å². The Morgan fingerprint density at radius 2 is 1.86 bits per heavy atom. The number of ether oxygens (including phenoxy) is 1. The number of hydrogen-bond acceptors (Lipinski definition) is 3. The molecule has 2 rings (SSSR count). The third kappa shape index (κ3) is 4.19. The smallest absolute Gasteiger partial charge is 0.240 e. The molecule has 0 aliphatic rings. The molecule has 0 fully saturated rings. The SMILES string of the molecule is CCOc1ccc(CNS(=O)(=O)c2ccc(Cl)cc2)cc1F. The van der Waals surface area contributed by atoms with E-state index in [2.05, 4.69) is 4.72 Å². The minimum Gasteiger partial charge on any atom is -0.491 e. The molecular formula is C15H15ClFNO3S. The lowest BCUT2D eigenvalue weighted by Crippen LogP contribution is -2.23. The van der Waals surface area contributed by atoms with Crippen molar-refractivity contribution >= 4 is 21.6 Å². The van der Waals surface area contributed by atoms with Crippen molar-refractivity contribution in [3.05, 3.63) is 58.9 Å². The van der Waals surface area contributed by atoms with Crippen LogP contribution in [0.25, 0.3) is 0 Å². The van der Waals surface area contributed by atoms with E-state index in [4.69, 9.17) is 16.3 Å². The maximum Gasteiger partial charge on any atom is 0.240 e. The van der Waals surface area contributed by atoms with Gasteiger partial charge in [-0.3, -0.25) is 0 Å². The molecule has 0 saturated carbocycles. The standard InChI is InChI=1S/C15H15ClFNO3S/c1-2-21-15-8-3-11(9-14(15)17)10-18-22(19,20)13-6-4-12(16)5-7-13/h3-9,18H,2,10H2,1H3. The van der Waals surface area contributed by atoms with Crippen molar-refractivity contribution < 1.29 is 17.5 Å². The maximum absolute atomic E-state index is 13.7. The second-order valence-electron chi connectivity index (χ2n) is 4.48. The zero-order valence-electron chi connectivity index (χ0n) is 11.8. The van der Waals surface area contributed by atoms with Gasteiger partial charge in [-0.05, 0) is 48.9 Å². The monoisotopic (exact) mass is 343 g/mol. The number of rotatable bonds is 6. The summed E-state index contributed by atoms with van der Waals surface area (Å²) in [5.74, 6) is -0.378. The molecule has 4 nitrogen and oxygen atoms in total. The molecule has 0 heterocycles. The predicted molar refractivity (Wildman–Crippen MR) is 83.0 cm³/mol. The molecular weight excluding hydrogens is 329 g/mol. The minimum absolute atomic E-state index is 0.0196. The molecule has 0 aromatic heterocycles. The van der Waals surface area contributed by atoms with Crippen LogP contribution >= 0.6 is 11.6 Å². The number of sulfonamides is 1. The summed E-state index contributed by atoms with van der Waals surface area (Å²) < 4.78 is 45.4. The third-order valence-electron chi connectivity index (χ3n) is 2.89. The molecule has 118 valence electrons. The highest BCUT2D eigenvalue weighted by atomic mass is 35.5. The Hall–Kier alpha value is -1.63. The maximum atomic E-state index is 13.7. The second-order valence-corrected chi connectivity index (χ2v) is 6.68. The Bertz CT molecular complexity index is 748. The Labute approximate surface area is 133 Å². The highest BCUT2D eigenvalue weighted by molar-refractivity contribution is 7.89. The van der Waals surface area contributed by atoms with Crippen molar-refractivity contribution in [2.45, 2.75) is 18.4 Å². The first-order chi connectivity index (χ1) is 10.4. The predicted octanol–water partition coefficient (Wildman–Crippen LogP) is 3.36. The van der Waals surface area contributed by atoms with Crippen LogP contribution in [0.1, 0.15) is 12.5 Å². The first kappa shape index (κ1) is 16.7. The van der Waals surface area contributed by atoms with Crippen LogP contribution in [0.2, 0.25) is 5.02 Å². The van der Waals surface area contributed by atoms with Crippen molar-refractivity contribution in [3.8, 4) is 5.75 Å². The van der Waals surface area contributed by atoms with Crippen LogP contribution in [0.3, 0.4) is 0 Å². The summed E-state index contributed by atoms with van der Waals surface area (Å²) >= 11 is 5.72. The molecule has 0 radical (unpaired) electrons. The molecule has 22 heavy (non-hydrogen) atoms. The number of nitrogens with one attached hydrogen (secondary N) is 1. The lowest BCUT2D eigenvalue weighted by atomic mass is 10.2. The largest absolute Gasteiger partial charge is 0.491 e. The highest BCUT2D eigenvalue weighted by Gasteiger charge is 2.14. The summed E-state index contributed by atoms with van der Waals surface area (Å²) in [4.78, 5) is 0.100. The van der Waals surface area contributed by atoms with Gasteiger partial charge in [-0.25, -0.2) is 17.5 Å². The molecule has 7 heteroatoms. The van der Waals surface area contributed by atoms with Crippen LogP contribution in [0.4, 0.5) is 4.39 Å². The minimum atomic E-state index is -3.67. The van der Waals surface area contributed by atoms with Gasteiger partial charge in [-0.2, -0.15) is 0 Å². The lowest BCUT2D eigenvalue weighted by molar-refractivity contribution is 0.321. The van der Waals surface area contributed by atoms with Crippen LogP contribution in [-0.4, -0.2) is 15.0 Å². The highest BCUT2D eigenvalue weighted by Crippen LogP contribution is 2.19. The Morgan fingerprint density at radius 1 is 1.18 bits per heavy atom. The average Bonchev–Trinajstić information content (AvgIpc) is 2.48. The van der Waals surface area contributed by atoms with Crippen molar-refractivity contribution in [2.75, 3.05) is 6.61 Å². The Balaban J connectivity index is 2.09. The van der Waals surface area contributed by atoms with E-state index in [1.165, 1.54) is 36.4 Å². The lowest BCUT2D eigenvalue weighted by Gasteiger charge is -2.09. The molecule has 0 atom stereocenters. The molecule has 0 spiro atoms. The van der Waals surface area contributed by atoms with Crippen LogP contribution in [0, 0.1) is 5.82 Å². The van der Waals surface area contributed by atoms with E-state index in [9.17, 15) is 12.8 Å². The third-order valence-corrected chi connectivity index (χ3v) is 4.56. The van der Waals surface area contributed by atoms with Gasteiger partial charge < -0.3 is 4.74 Å². The number of halogens is 2. The molecule has 0 amide bonds. The first-order valence-corrected chi connectivity index (χ1v) is 8.45. The summed E-state index contributed by atoms with van der Waals surface area (Å²) in [6, 6.07) is 10.1. The average molecular weight is 344 g/mol. The summed E-state index contributed by atoms with van der Waals surface area (Å²) in [6.07, 6.45) is 0. The first-order valence-electron chi connectivity index (χ1n) is 6.59. The summed E-state index contributed by atoms with van der Waals surface area (Å²) in [6.45, 7) is 2.10. The van der Waals surface area contributed by atoms with E-state index in [1.54, 1.807) is 13.0 Å². The molecule has 0 unspecified atom stereocenters. The van der Waals surface area contributed by atoms with E-state index in [1.807, 2.05) is 0 Å². The van der Waals surface area contributed by atoms with Gasteiger partial charge in [0, 0.05) is 11.6 Å². The van der Waals surface area contributed by atoms with Crippen LogP contribution in [-0.2, 0) is 16.6 Å². The normalized spacial score (nSPS) is 11.4. The summed E-state index contributed by atoms with van der Waals surface area (Å²) in [5, 5.41) is 0.451. The zero-order valence-corrected chi connectivity index (χ0v) is 13.4. The Morgan fingerprint density at radius 3 is 2.45 bits per heavy atom. The van der Waals surface area contributed by atoms with Gasteiger partial charge in [0.25, 0.3) is 0 Å². The van der Waals surface area contributed by atoms with Crippen LogP contribution in [0.5, 0.6) is 5.75 Å². The molecule has 2 aromatic carbocycles. The second kappa shape index (κ2) is 7.09. The molecule has 0 aliphatic carbocycles. The van der Waals surface area contributed by atoms with Gasteiger partial charge in [-0.1, -0.05) is 17.7 Å². The van der Waals surface area contributed by atoms with Gasteiger partial charge in [-0.15, -0.1) is 0 Å². The fourth-order valence-corrected chi connectivity index (χ4v) is 2.95. The van der Waals surface area contributed by atoms with Gasteiger partial charge in [0.1, 0.15) is 0 Å². The van der Waals surface area contributed by atoms with Crippen molar-refractivity contribution in [1.82, 2.24) is 4.72 Å². The molecule has 1 N–H and O–H groups in total. The van der Waals surface area contributed by atoms with Crippen molar-refractivity contribution in [3.63, 3.8) is 0 Å². The fourth-order valence-electron chi connectivity index (χ4n) is 1.80. The van der Waals surface area contributed by atoms with Gasteiger partial charge >= 0.3 is 0 Å². The number of hydrogen-bond donors (Lipinski definition) is 1.